The number of amides is 2. The van der Waals surface area contributed by atoms with Crippen LogP contribution in [0.4, 0.5) is 5.69 Å². The first-order valence-electron chi connectivity index (χ1n) is 9.52. The lowest BCUT2D eigenvalue weighted by atomic mass is 9.95. The van der Waals surface area contributed by atoms with E-state index in [2.05, 4.69) is 10.6 Å². The molecule has 29 heavy (non-hydrogen) atoms. The summed E-state index contributed by atoms with van der Waals surface area (Å²) < 4.78 is 5.27. The van der Waals surface area contributed by atoms with Gasteiger partial charge in [0.2, 0.25) is 5.91 Å². The summed E-state index contributed by atoms with van der Waals surface area (Å²) in [6.07, 6.45) is -0.944. The number of hydrogen-bond acceptors (Lipinski definition) is 4. The lowest BCUT2D eigenvalue weighted by Crippen LogP contribution is -2.35. The number of rotatable bonds is 6. The molecule has 6 heteroatoms. The molecule has 2 aromatic rings. The molecule has 0 spiro atoms. The van der Waals surface area contributed by atoms with Gasteiger partial charge in [0.1, 0.15) is 0 Å². The Morgan fingerprint density at radius 1 is 1.03 bits per heavy atom. The van der Waals surface area contributed by atoms with Gasteiger partial charge in [-0.2, -0.15) is 0 Å². The van der Waals surface area contributed by atoms with E-state index < -0.39 is 17.5 Å². The Labute approximate surface area is 171 Å². The summed E-state index contributed by atoms with van der Waals surface area (Å²) in [5.41, 5.74) is 2.31. The fourth-order valence-corrected chi connectivity index (χ4v) is 2.36. The van der Waals surface area contributed by atoms with Crippen molar-refractivity contribution in [3.63, 3.8) is 0 Å². The largest absolute Gasteiger partial charge is 0.449 e. The van der Waals surface area contributed by atoms with Crippen molar-refractivity contribution in [3.05, 3.63) is 65.2 Å². The second kappa shape index (κ2) is 9.37. The van der Waals surface area contributed by atoms with Crippen molar-refractivity contribution in [3.8, 4) is 0 Å². The van der Waals surface area contributed by atoms with Gasteiger partial charge in [-0.05, 0) is 37.6 Å². The average molecular weight is 396 g/mol. The maximum atomic E-state index is 12.4. The van der Waals surface area contributed by atoms with Crippen molar-refractivity contribution >= 4 is 23.5 Å². The van der Waals surface area contributed by atoms with Crippen LogP contribution in [0.2, 0.25) is 0 Å². The van der Waals surface area contributed by atoms with Crippen LogP contribution in [0, 0.1) is 12.3 Å². The van der Waals surface area contributed by atoms with Gasteiger partial charge >= 0.3 is 5.97 Å². The molecule has 2 aromatic carbocycles. The Morgan fingerprint density at radius 2 is 1.69 bits per heavy atom. The monoisotopic (exact) mass is 396 g/mol. The summed E-state index contributed by atoms with van der Waals surface area (Å²) >= 11 is 0. The van der Waals surface area contributed by atoms with E-state index in [0.29, 0.717) is 12.2 Å². The highest BCUT2D eigenvalue weighted by molar-refractivity contribution is 5.97. The van der Waals surface area contributed by atoms with Crippen molar-refractivity contribution in [1.82, 2.24) is 5.32 Å². The first-order chi connectivity index (χ1) is 13.6. The van der Waals surface area contributed by atoms with Crippen LogP contribution in [0.5, 0.6) is 0 Å². The zero-order valence-electron chi connectivity index (χ0n) is 17.5. The Morgan fingerprint density at radius 3 is 2.31 bits per heavy atom. The standard InChI is InChI=1S/C23H28N2O4/c1-15-9-11-17(12-10-15)14-24-20(26)16(2)29-21(27)18-7-6-8-19(13-18)25-22(28)23(3,4)5/h6-13,16H,14H2,1-5H3,(H,24,26)(H,25,28). The number of carbonyl (C=O) groups excluding carboxylic acids is 3. The molecule has 0 aliphatic rings. The molecule has 0 bridgehead atoms. The number of esters is 1. The van der Waals surface area contributed by atoms with Gasteiger partial charge in [0, 0.05) is 17.6 Å². The first-order valence-corrected chi connectivity index (χ1v) is 9.52. The van der Waals surface area contributed by atoms with E-state index in [1.54, 1.807) is 39.0 Å². The third kappa shape index (κ3) is 6.75. The van der Waals surface area contributed by atoms with Crippen molar-refractivity contribution in [2.75, 3.05) is 5.32 Å². The molecule has 6 nitrogen and oxygen atoms in total. The van der Waals surface area contributed by atoms with Crippen LogP contribution < -0.4 is 10.6 Å². The maximum absolute atomic E-state index is 12.4. The van der Waals surface area contributed by atoms with Gasteiger partial charge in [-0.15, -0.1) is 0 Å². The van der Waals surface area contributed by atoms with Crippen LogP contribution in [0.15, 0.2) is 48.5 Å². The van der Waals surface area contributed by atoms with Gasteiger partial charge in [-0.3, -0.25) is 9.59 Å². The summed E-state index contributed by atoms with van der Waals surface area (Å²) in [7, 11) is 0. The van der Waals surface area contributed by atoms with E-state index in [-0.39, 0.29) is 17.4 Å². The van der Waals surface area contributed by atoms with Crippen LogP contribution in [0.25, 0.3) is 0 Å². The minimum atomic E-state index is -0.944. The Hall–Kier alpha value is -3.15. The Balaban J connectivity index is 1.93. The number of nitrogens with one attached hydrogen (secondary N) is 2. The molecule has 0 aromatic heterocycles. The van der Waals surface area contributed by atoms with E-state index in [1.807, 2.05) is 31.2 Å². The van der Waals surface area contributed by atoms with E-state index >= 15 is 0 Å². The molecule has 0 saturated heterocycles. The van der Waals surface area contributed by atoms with Crippen molar-refractivity contribution in [1.29, 1.82) is 0 Å². The smallest absolute Gasteiger partial charge is 0.338 e. The summed E-state index contributed by atoms with van der Waals surface area (Å²) in [5, 5.41) is 5.53. The van der Waals surface area contributed by atoms with Gasteiger partial charge in [0.15, 0.2) is 6.10 Å². The molecule has 1 atom stereocenters. The van der Waals surface area contributed by atoms with Crippen LogP contribution in [0.3, 0.4) is 0 Å². The Kier molecular flexibility index (Phi) is 7.15. The molecule has 1 unspecified atom stereocenters. The van der Waals surface area contributed by atoms with Crippen LogP contribution in [0.1, 0.15) is 49.2 Å². The highest BCUT2D eigenvalue weighted by atomic mass is 16.5. The Bertz CT molecular complexity index is 882. The molecular formula is C23H28N2O4. The molecule has 0 aliphatic carbocycles. The van der Waals surface area contributed by atoms with E-state index in [4.69, 9.17) is 4.74 Å². The summed E-state index contributed by atoms with van der Waals surface area (Å²) in [5.74, 6) is -1.17. The first kappa shape index (κ1) is 22.1. The van der Waals surface area contributed by atoms with Gasteiger partial charge in [-0.25, -0.2) is 4.79 Å². The fourth-order valence-electron chi connectivity index (χ4n) is 2.36. The van der Waals surface area contributed by atoms with Crippen LogP contribution >= 0.6 is 0 Å². The summed E-state index contributed by atoms with van der Waals surface area (Å²) in [6.45, 7) is 9.28. The molecule has 2 amide bonds. The SMILES string of the molecule is Cc1ccc(CNC(=O)C(C)OC(=O)c2cccc(NC(=O)C(C)(C)C)c2)cc1. The second-order valence-corrected chi connectivity index (χ2v) is 8.04. The van der Waals surface area contributed by atoms with Crippen LogP contribution in [-0.2, 0) is 20.9 Å². The predicted octanol–water partition coefficient (Wildman–Crippen LogP) is 3.84. The average Bonchev–Trinajstić information content (AvgIpc) is 2.66. The summed E-state index contributed by atoms with van der Waals surface area (Å²) in [6, 6.07) is 14.3. The van der Waals surface area contributed by atoms with E-state index in [9.17, 15) is 14.4 Å². The number of ether oxygens (including phenoxy) is 1. The van der Waals surface area contributed by atoms with Crippen molar-refractivity contribution < 1.29 is 19.1 Å². The highest BCUT2D eigenvalue weighted by Crippen LogP contribution is 2.18. The molecule has 0 saturated carbocycles. The topological polar surface area (TPSA) is 84.5 Å². The zero-order valence-corrected chi connectivity index (χ0v) is 17.5. The van der Waals surface area contributed by atoms with Crippen molar-refractivity contribution in [2.45, 2.75) is 47.3 Å². The number of carbonyl (C=O) groups is 3. The van der Waals surface area contributed by atoms with E-state index in [0.717, 1.165) is 11.1 Å². The lowest BCUT2D eigenvalue weighted by molar-refractivity contribution is -0.129. The molecule has 2 rings (SSSR count). The van der Waals surface area contributed by atoms with Gasteiger partial charge in [-0.1, -0.05) is 56.7 Å². The minimum absolute atomic E-state index is 0.160. The number of anilines is 1. The molecular weight excluding hydrogens is 368 g/mol. The van der Waals surface area contributed by atoms with E-state index in [1.165, 1.54) is 13.0 Å². The lowest BCUT2D eigenvalue weighted by Gasteiger charge is -2.18. The number of aryl methyl sites for hydroxylation is 1. The fraction of sp³-hybridized carbons (Fsp3) is 0.348. The molecule has 2 N–H and O–H groups in total. The molecule has 0 radical (unpaired) electrons. The maximum Gasteiger partial charge on any atom is 0.338 e. The molecule has 154 valence electrons. The zero-order chi connectivity index (χ0) is 21.6. The van der Waals surface area contributed by atoms with Gasteiger partial charge in [0.05, 0.1) is 5.56 Å². The highest BCUT2D eigenvalue weighted by Gasteiger charge is 2.22. The molecule has 0 aliphatic heterocycles. The molecule has 0 fully saturated rings. The van der Waals surface area contributed by atoms with Gasteiger partial charge < -0.3 is 15.4 Å². The number of hydrogen-bond donors (Lipinski definition) is 2. The normalized spacial score (nSPS) is 12.0. The molecule has 0 heterocycles. The van der Waals surface area contributed by atoms with Crippen molar-refractivity contribution in [2.24, 2.45) is 5.41 Å². The van der Waals surface area contributed by atoms with Crippen LogP contribution in [-0.4, -0.2) is 23.9 Å². The third-order valence-electron chi connectivity index (χ3n) is 4.28. The second-order valence-electron chi connectivity index (χ2n) is 8.04. The minimum Gasteiger partial charge on any atom is -0.449 e. The number of benzene rings is 2. The predicted molar refractivity (Wildman–Crippen MR) is 112 cm³/mol. The summed E-state index contributed by atoms with van der Waals surface area (Å²) in [4.78, 5) is 36.7. The quantitative estimate of drug-likeness (QED) is 0.727. The third-order valence-corrected chi connectivity index (χ3v) is 4.28. The van der Waals surface area contributed by atoms with Gasteiger partial charge in [0.25, 0.3) is 5.91 Å².